The van der Waals surface area contributed by atoms with Gasteiger partial charge in [-0.15, -0.1) is 0 Å². The van der Waals surface area contributed by atoms with E-state index in [1.54, 1.807) is 7.05 Å². The summed E-state index contributed by atoms with van der Waals surface area (Å²) in [6.07, 6.45) is 3.19. The van der Waals surface area contributed by atoms with Crippen molar-refractivity contribution < 1.29 is 8.42 Å². The molecule has 0 aromatic heterocycles. The van der Waals surface area contributed by atoms with E-state index in [1.165, 1.54) is 10.6 Å². The molecule has 0 unspecified atom stereocenters. The molecule has 3 nitrogen and oxygen atoms in total. The normalized spacial score (nSPS) is 13.8. The van der Waals surface area contributed by atoms with E-state index in [0.29, 0.717) is 6.54 Å². The van der Waals surface area contributed by atoms with Crippen molar-refractivity contribution in [1.82, 2.24) is 4.31 Å². The highest BCUT2D eigenvalue weighted by atomic mass is 32.2. The molecule has 0 aliphatic rings. The lowest BCUT2D eigenvalue weighted by molar-refractivity contribution is 0.424. The van der Waals surface area contributed by atoms with Crippen LogP contribution in [0.1, 0.15) is 20.8 Å². The number of nitrogens with zero attached hydrogens (tertiary/aromatic N) is 1. The predicted octanol–water partition coefficient (Wildman–Crippen LogP) is 1.13. The standard InChI is InChI=1S/C8H18NO2S/c1-8(2,3)6-7-9(4)12(5,10)11/h6H,7H2,1-5H3. The van der Waals surface area contributed by atoms with Gasteiger partial charge in [-0.25, -0.2) is 12.7 Å². The number of rotatable bonds is 3. The van der Waals surface area contributed by atoms with Crippen molar-refractivity contribution in [2.45, 2.75) is 20.8 Å². The molecule has 0 aromatic rings. The van der Waals surface area contributed by atoms with E-state index < -0.39 is 10.0 Å². The summed E-state index contributed by atoms with van der Waals surface area (Å²) >= 11 is 0. The molecule has 0 atom stereocenters. The molecule has 73 valence electrons. The van der Waals surface area contributed by atoms with Crippen molar-refractivity contribution in [2.75, 3.05) is 19.8 Å². The first kappa shape index (κ1) is 11.9. The lowest BCUT2D eigenvalue weighted by Gasteiger charge is -2.21. The minimum absolute atomic E-state index is 0.0684. The predicted molar refractivity (Wildman–Crippen MR) is 51.2 cm³/mol. The van der Waals surface area contributed by atoms with Crippen molar-refractivity contribution in [3.05, 3.63) is 6.42 Å². The van der Waals surface area contributed by atoms with Gasteiger partial charge in [-0.1, -0.05) is 20.8 Å². The molecule has 12 heavy (non-hydrogen) atoms. The van der Waals surface area contributed by atoms with Crippen LogP contribution in [0.2, 0.25) is 0 Å². The van der Waals surface area contributed by atoms with Crippen LogP contribution in [0.15, 0.2) is 0 Å². The zero-order valence-corrected chi connectivity index (χ0v) is 9.27. The quantitative estimate of drug-likeness (QED) is 0.672. The first-order valence-electron chi connectivity index (χ1n) is 3.88. The first-order valence-corrected chi connectivity index (χ1v) is 5.73. The summed E-state index contributed by atoms with van der Waals surface area (Å²) in [6, 6.07) is 0. The molecule has 0 saturated carbocycles. The maximum atomic E-state index is 11.0. The number of hydrogen-bond acceptors (Lipinski definition) is 2. The van der Waals surface area contributed by atoms with Crippen LogP contribution in [0.5, 0.6) is 0 Å². The Labute approximate surface area is 75.8 Å². The molecular formula is C8H18NO2S. The van der Waals surface area contributed by atoms with Crippen LogP contribution < -0.4 is 0 Å². The lowest BCUT2D eigenvalue weighted by Crippen LogP contribution is -2.29. The zero-order valence-electron chi connectivity index (χ0n) is 8.46. The van der Waals surface area contributed by atoms with Gasteiger partial charge in [0.1, 0.15) is 0 Å². The first-order chi connectivity index (χ1) is 5.13. The monoisotopic (exact) mass is 192 g/mol. The Hall–Kier alpha value is -0.0900. The van der Waals surface area contributed by atoms with E-state index in [1.807, 2.05) is 27.2 Å². The fourth-order valence-corrected chi connectivity index (χ4v) is 0.883. The van der Waals surface area contributed by atoms with Gasteiger partial charge in [0.25, 0.3) is 0 Å². The maximum absolute atomic E-state index is 11.0. The van der Waals surface area contributed by atoms with Gasteiger partial charge >= 0.3 is 0 Å². The molecule has 0 saturated heterocycles. The molecule has 0 amide bonds. The van der Waals surface area contributed by atoms with Gasteiger partial charge < -0.3 is 0 Å². The van der Waals surface area contributed by atoms with Crippen LogP contribution >= 0.6 is 0 Å². The summed E-state index contributed by atoms with van der Waals surface area (Å²) in [6.45, 7) is 6.61. The molecule has 4 heteroatoms. The third kappa shape index (κ3) is 5.55. The molecule has 0 heterocycles. The zero-order chi connectivity index (χ0) is 9.99. The summed E-state index contributed by atoms with van der Waals surface area (Å²) in [7, 11) is -1.44. The smallest absolute Gasteiger partial charge is 0.210 e. The second kappa shape index (κ2) is 3.75. The molecule has 0 N–H and O–H groups in total. The maximum Gasteiger partial charge on any atom is 0.210 e. The molecular weight excluding hydrogens is 174 g/mol. The van der Waals surface area contributed by atoms with Crippen molar-refractivity contribution >= 4 is 10.0 Å². The summed E-state index contributed by atoms with van der Waals surface area (Å²) in [4.78, 5) is 0. The van der Waals surface area contributed by atoms with E-state index in [0.717, 1.165) is 0 Å². The summed E-state index contributed by atoms with van der Waals surface area (Å²) in [5, 5.41) is 0. The van der Waals surface area contributed by atoms with Gasteiger partial charge in [-0.3, -0.25) is 0 Å². The molecule has 0 aliphatic carbocycles. The van der Waals surface area contributed by atoms with Gasteiger partial charge in [0.05, 0.1) is 6.26 Å². The average Bonchev–Trinajstić information content (AvgIpc) is 1.78. The van der Waals surface area contributed by atoms with Crippen LogP contribution in [0.3, 0.4) is 0 Å². The Morgan fingerprint density at radius 1 is 1.33 bits per heavy atom. The third-order valence-electron chi connectivity index (χ3n) is 1.53. The molecule has 0 aliphatic heterocycles. The minimum atomic E-state index is -3.02. The second-order valence-electron chi connectivity index (χ2n) is 4.11. The lowest BCUT2D eigenvalue weighted by atomic mass is 9.92. The van der Waals surface area contributed by atoms with Crippen molar-refractivity contribution in [3.63, 3.8) is 0 Å². The number of hydrogen-bond donors (Lipinski definition) is 0. The Morgan fingerprint density at radius 2 is 1.75 bits per heavy atom. The highest BCUT2D eigenvalue weighted by molar-refractivity contribution is 7.88. The van der Waals surface area contributed by atoms with Crippen molar-refractivity contribution in [3.8, 4) is 0 Å². The van der Waals surface area contributed by atoms with Crippen molar-refractivity contribution in [2.24, 2.45) is 5.41 Å². The molecule has 0 spiro atoms. The largest absolute Gasteiger partial charge is 0.213 e. The Balaban J connectivity index is 3.98. The molecule has 0 rings (SSSR count). The van der Waals surface area contributed by atoms with Crippen LogP contribution in [-0.4, -0.2) is 32.6 Å². The van der Waals surface area contributed by atoms with E-state index in [9.17, 15) is 8.42 Å². The van der Waals surface area contributed by atoms with Gasteiger partial charge in [-0.05, 0) is 11.8 Å². The SMILES string of the molecule is CN(C[CH]C(C)(C)C)S(C)(=O)=O. The third-order valence-corrected chi connectivity index (χ3v) is 2.81. The van der Waals surface area contributed by atoms with Gasteiger partial charge in [0.15, 0.2) is 0 Å². The summed E-state index contributed by atoms with van der Waals surface area (Å²) in [5.41, 5.74) is 0.0684. The topological polar surface area (TPSA) is 37.4 Å². The molecule has 0 fully saturated rings. The Morgan fingerprint density at radius 3 is 2.00 bits per heavy atom. The van der Waals surface area contributed by atoms with Crippen molar-refractivity contribution in [1.29, 1.82) is 0 Å². The Kier molecular flexibility index (Phi) is 3.72. The van der Waals surface area contributed by atoms with Crippen LogP contribution in [0, 0.1) is 11.8 Å². The molecule has 1 radical (unpaired) electrons. The summed E-state index contributed by atoms with van der Waals surface area (Å²) in [5.74, 6) is 0. The second-order valence-corrected chi connectivity index (χ2v) is 6.20. The highest BCUT2D eigenvalue weighted by Crippen LogP contribution is 2.17. The fraction of sp³-hybridized carbons (Fsp3) is 0.875. The summed E-state index contributed by atoms with van der Waals surface area (Å²) < 4.78 is 23.2. The number of sulfonamides is 1. The molecule has 0 aromatic carbocycles. The van der Waals surface area contributed by atoms with E-state index in [-0.39, 0.29) is 5.41 Å². The van der Waals surface area contributed by atoms with Crippen LogP contribution in [0.4, 0.5) is 0 Å². The van der Waals surface area contributed by atoms with Crippen LogP contribution in [0.25, 0.3) is 0 Å². The van der Waals surface area contributed by atoms with E-state index >= 15 is 0 Å². The van der Waals surface area contributed by atoms with Gasteiger partial charge in [-0.2, -0.15) is 0 Å². The van der Waals surface area contributed by atoms with E-state index in [4.69, 9.17) is 0 Å². The fourth-order valence-electron chi connectivity index (χ4n) is 0.538. The van der Waals surface area contributed by atoms with Gasteiger partial charge in [0.2, 0.25) is 10.0 Å². The Bertz CT molecular complexity index is 226. The minimum Gasteiger partial charge on any atom is -0.213 e. The highest BCUT2D eigenvalue weighted by Gasteiger charge is 2.16. The van der Waals surface area contributed by atoms with Crippen LogP contribution in [-0.2, 0) is 10.0 Å². The average molecular weight is 192 g/mol. The molecule has 0 bridgehead atoms. The van der Waals surface area contributed by atoms with E-state index in [2.05, 4.69) is 0 Å². The van der Waals surface area contributed by atoms with Gasteiger partial charge in [0, 0.05) is 13.6 Å².